The van der Waals surface area contributed by atoms with Crippen LogP contribution in [0.4, 0.5) is 0 Å². The lowest BCUT2D eigenvalue weighted by Gasteiger charge is -1.39. The molecule has 0 heterocycles. The Bertz CT molecular complexity index is 103. The van der Waals surface area contributed by atoms with Gasteiger partial charge in [0.2, 0.25) is 0 Å². The summed E-state index contributed by atoms with van der Waals surface area (Å²) in [7, 11) is -2.65. The second-order valence-corrected chi connectivity index (χ2v) is 1.15. The van der Waals surface area contributed by atoms with Crippen molar-refractivity contribution in [2.24, 2.45) is 4.76 Å². The van der Waals surface area contributed by atoms with Gasteiger partial charge in [0.05, 0.1) is 4.76 Å². The van der Waals surface area contributed by atoms with Gasteiger partial charge in [0.15, 0.2) is 0 Å². The maximum atomic E-state index is 9.32. The minimum Gasteiger partial charge on any atom is -0.207 e. The maximum absolute atomic E-state index is 9.32. The second-order valence-electron chi connectivity index (χ2n) is 0.444. The number of rotatable bonds is 1. The summed E-state index contributed by atoms with van der Waals surface area (Å²) in [4.78, 5) is 16.6. The molecule has 0 fully saturated rings. The van der Waals surface area contributed by atoms with E-state index in [4.69, 9.17) is 9.69 Å². The zero-order valence-electron chi connectivity index (χ0n) is 2.66. The van der Waals surface area contributed by atoms with E-state index in [1.807, 2.05) is 0 Å². The minimum atomic E-state index is -2.65. The highest BCUT2D eigenvalue weighted by Gasteiger charge is 2.02. The van der Waals surface area contributed by atoms with Crippen LogP contribution in [0.3, 0.4) is 0 Å². The molecule has 5 heteroatoms. The van der Waals surface area contributed by atoms with E-state index in [1.54, 1.807) is 0 Å². The Morgan fingerprint density at radius 1 is 1.83 bits per heavy atom. The van der Waals surface area contributed by atoms with Gasteiger partial charge in [-0.25, -0.2) is 4.79 Å². The fourth-order valence-corrected chi connectivity index (χ4v) is 0.105. The molecule has 1 atom stereocenters. The molecule has 0 saturated carbocycles. The lowest BCUT2D eigenvalue weighted by atomic mass is 11.7. The third kappa shape index (κ3) is 3.44. The molecule has 0 aliphatic carbocycles. The molecular weight excluding hydrogens is 105 g/mol. The van der Waals surface area contributed by atoms with Crippen LogP contribution in [0.15, 0.2) is 4.76 Å². The summed E-state index contributed by atoms with van der Waals surface area (Å²) < 4.78 is 11.7. The molecule has 0 amide bonds. The zero-order valence-corrected chi connectivity index (χ0v) is 3.55. The number of nitrogens with zero attached hydrogens (tertiary/aromatic N) is 1. The summed E-state index contributed by atoms with van der Waals surface area (Å²) in [5.41, 5.74) is 0. The van der Waals surface area contributed by atoms with Gasteiger partial charge in [0.1, 0.15) is 0 Å². The molecule has 0 saturated heterocycles. The van der Waals surface area contributed by atoms with Crippen LogP contribution in [-0.2, 0) is 9.36 Å². The number of isocyanates is 1. The molecule has 0 aliphatic heterocycles. The maximum Gasteiger partial charge on any atom is 0.678 e. The van der Waals surface area contributed by atoms with Crippen molar-refractivity contribution in [1.82, 2.24) is 0 Å². The van der Waals surface area contributed by atoms with Gasteiger partial charge in [0, 0.05) is 4.57 Å². The molecule has 6 heavy (non-hydrogen) atoms. The smallest absolute Gasteiger partial charge is 0.207 e. The van der Waals surface area contributed by atoms with Crippen LogP contribution in [-0.4, -0.2) is 11.0 Å². The van der Waals surface area contributed by atoms with E-state index < -0.39 is 8.18 Å². The number of hydrogen-bond acceptors (Lipinski definition) is 2. The van der Waals surface area contributed by atoms with E-state index in [0.717, 1.165) is 6.08 Å². The lowest BCUT2D eigenvalue weighted by molar-refractivity contribution is 0.503. The molecule has 0 aromatic rings. The Morgan fingerprint density at radius 2 is 2.33 bits per heavy atom. The molecule has 0 bridgehead atoms. The summed E-state index contributed by atoms with van der Waals surface area (Å²) >= 11 is 0. The van der Waals surface area contributed by atoms with Crippen LogP contribution < -0.4 is 0 Å². The van der Waals surface area contributed by atoms with Crippen molar-refractivity contribution in [1.29, 1.82) is 0 Å². The molecule has 0 aromatic heterocycles. The second kappa shape index (κ2) is 2.67. The first-order valence-electron chi connectivity index (χ1n) is 1.01. The molecule has 0 aliphatic rings. The van der Waals surface area contributed by atoms with Gasteiger partial charge in [-0.15, -0.1) is 4.89 Å². The summed E-state index contributed by atoms with van der Waals surface area (Å²) in [5.74, 6) is 0. The molecule has 0 radical (unpaired) electrons. The lowest BCUT2D eigenvalue weighted by Crippen LogP contribution is -1.43. The molecule has 1 N–H and O–H groups in total. The van der Waals surface area contributed by atoms with Crippen molar-refractivity contribution in [3.8, 4) is 0 Å². The Morgan fingerprint density at radius 3 is 2.33 bits per heavy atom. The molecule has 0 rings (SSSR count). The summed E-state index contributed by atoms with van der Waals surface area (Å²) in [5, 5.41) is 0. The van der Waals surface area contributed by atoms with Gasteiger partial charge >= 0.3 is 8.18 Å². The SMILES string of the molecule is O=C=N[P+](=O)O. The minimum absolute atomic E-state index is 0.908. The average molecular weight is 106 g/mol. The van der Waals surface area contributed by atoms with E-state index in [-0.39, 0.29) is 0 Å². The highest BCUT2D eigenvalue weighted by molar-refractivity contribution is 7.36. The molecule has 4 nitrogen and oxygen atoms in total. The first-order valence-corrected chi connectivity index (χ1v) is 2.18. The molecule has 32 valence electrons. The average Bonchev–Trinajstić information content (AvgIpc) is 1.35. The predicted octanol–water partition coefficient (Wildman–Crippen LogP) is -0.0281. The van der Waals surface area contributed by atoms with Gasteiger partial charge in [-0.3, -0.25) is 0 Å². The normalized spacial score (nSPS) is 9.17. The van der Waals surface area contributed by atoms with Crippen LogP contribution in [0, 0.1) is 0 Å². The summed E-state index contributed by atoms with van der Waals surface area (Å²) in [6.45, 7) is 0. The standard InChI is InChI=1S/CNO3P/c3-1-2-6(4)5/p+1. The Labute approximate surface area is 34.4 Å². The van der Waals surface area contributed by atoms with Gasteiger partial charge in [0.25, 0.3) is 6.08 Å². The Kier molecular flexibility index (Phi) is 2.42. The van der Waals surface area contributed by atoms with Gasteiger partial charge in [-0.05, 0) is 0 Å². The molecule has 0 aromatic carbocycles. The van der Waals surface area contributed by atoms with Crippen LogP contribution in [0.2, 0.25) is 0 Å². The van der Waals surface area contributed by atoms with Crippen LogP contribution in [0.25, 0.3) is 0 Å². The van der Waals surface area contributed by atoms with E-state index >= 15 is 0 Å². The molecular formula is CHNO3P+. The predicted molar refractivity (Wildman–Crippen MR) is 17.9 cm³/mol. The van der Waals surface area contributed by atoms with Crippen molar-refractivity contribution in [3.05, 3.63) is 0 Å². The van der Waals surface area contributed by atoms with E-state index in [1.165, 1.54) is 0 Å². The Hall–Kier alpha value is -0.560. The van der Waals surface area contributed by atoms with Crippen LogP contribution in [0.1, 0.15) is 0 Å². The number of hydrogen-bond donors (Lipinski definition) is 1. The van der Waals surface area contributed by atoms with Crippen molar-refractivity contribution in [2.45, 2.75) is 0 Å². The fraction of sp³-hybridized carbons (Fsp3) is 0. The Balaban J connectivity index is 3.60. The fourth-order valence-electron chi connectivity index (χ4n) is 0.0349. The third-order valence-electron chi connectivity index (χ3n) is 0.126. The quantitative estimate of drug-likeness (QED) is 0.290. The highest BCUT2D eigenvalue weighted by Crippen LogP contribution is 2.10. The molecule has 1 unspecified atom stereocenters. The van der Waals surface area contributed by atoms with E-state index in [9.17, 15) is 4.57 Å². The van der Waals surface area contributed by atoms with Crippen LogP contribution in [0.5, 0.6) is 0 Å². The first-order chi connectivity index (χ1) is 2.77. The largest absolute Gasteiger partial charge is 0.678 e. The summed E-state index contributed by atoms with van der Waals surface area (Å²) in [6, 6.07) is 0. The van der Waals surface area contributed by atoms with Gasteiger partial charge in [-0.1, -0.05) is 0 Å². The number of carbonyl (C=O) groups excluding carboxylic acids is 1. The van der Waals surface area contributed by atoms with Gasteiger partial charge < -0.3 is 0 Å². The third-order valence-corrected chi connectivity index (χ3v) is 0.379. The van der Waals surface area contributed by atoms with Crippen molar-refractivity contribution >= 4 is 14.3 Å². The van der Waals surface area contributed by atoms with Crippen molar-refractivity contribution in [2.75, 3.05) is 0 Å². The zero-order chi connectivity index (χ0) is 4.99. The van der Waals surface area contributed by atoms with E-state index in [0.29, 0.717) is 0 Å². The van der Waals surface area contributed by atoms with Crippen molar-refractivity contribution in [3.63, 3.8) is 0 Å². The summed E-state index contributed by atoms with van der Waals surface area (Å²) in [6.07, 6.45) is 0.908. The van der Waals surface area contributed by atoms with Gasteiger partial charge in [-0.2, -0.15) is 0 Å². The topological polar surface area (TPSA) is 66.7 Å². The molecule has 0 spiro atoms. The van der Waals surface area contributed by atoms with Crippen molar-refractivity contribution < 1.29 is 14.3 Å². The highest BCUT2D eigenvalue weighted by atomic mass is 31.1. The van der Waals surface area contributed by atoms with E-state index in [2.05, 4.69) is 4.76 Å². The monoisotopic (exact) mass is 106 g/mol. The van der Waals surface area contributed by atoms with Crippen LogP contribution >= 0.6 is 8.18 Å². The first kappa shape index (κ1) is 5.44.